The lowest BCUT2D eigenvalue weighted by Crippen LogP contribution is -2.19. The maximum absolute atomic E-state index is 8.82. The zero-order valence-corrected chi connectivity index (χ0v) is 16.3. The number of pyridine rings is 1. The number of nitrogens with zero attached hydrogens (tertiary/aromatic N) is 5. The van der Waals surface area contributed by atoms with Crippen LogP contribution in [0.1, 0.15) is 36.2 Å². The fraction of sp³-hybridized carbons (Fsp3) is 0.350. The maximum Gasteiger partial charge on any atom is 0.158 e. The maximum atomic E-state index is 8.82. The van der Waals surface area contributed by atoms with E-state index in [0.717, 1.165) is 42.0 Å². The van der Waals surface area contributed by atoms with Gasteiger partial charge in [-0.25, -0.2) is 15.0 Å². The number of nitrogens with two attached hydrogens (primary N) is 1. The van der Waals surface area contributed by atoms with Gasteiger partial charge in [-0.05, 0) is 44.7 Å². The van der Waals surface area contributed by atoms with Crippen LogP contribution in [0.25, 0.3) is 11.4 Å². The summed E-state index contributed by atoms with van der Waals surface area (Å²) in [4.78, 5) is 12.9. The van der Waals surface area contributed by atoms with Crippen LogP contribution in [0.5, 0.6) is 5.75 Å². The summed E-state index contributed by atoms with van der Waals surface area (Å²) in [5.41, 5.74) is 9.72. The van der Waals surface area contributed by atoms with E-state index in [1.165, 1.54) is 12.4 Å². The number of hydrogen-bond donors (Lipinski definition) is 3. The SMILES string of the molecule is Cc1cc(O[C@@H]2CC[C@H](N)C2)c(-c2cc(Nc3cnc(C#N)cn3)n[nH]2)nc1C. The molecule has 0 aliphatic heterocycles. The van der Waals surface area contributed by atoms with E-state index in [4.69, 9.17) is 20.7 Å². The van der Waals surface area contributed by atoms with Crippen molar-refractivity contribution in [2.45, 2.75) is 45.3 Å². The first-order valence-electron chi connectivity index (χ1n) is 9.47. The molecule has 1 saturated carbocycles. The molecule has 3 aromatic heterocycles. The average molecular weight is 390 g/mol. The minimum atomic E-state index is 0.0992. The Kier molecular flexibility index (Phi) is 5.10. The predicted molar refractivity (Wildman–Crippen MR) is 108 cm³/mol. The van der Waals surface area contributed by atoms with Crippen molar-refractivity contribution >= 4 is 11.6 Å². The molecular formula is C20H22N8O. The van der Waals surface area contributed by atoms with Crippen LogP contribution in [0.3, 0.4) is 0 Å². The van der Waals surface area contributed by atoms with Crippen molar-refractivity contribution in [1.29, 1.82) is 5.26 Å². The second kappa shape index (κ2) is 7.85. The van der Waals surface area contributed by atoms with E-state index >= 15 is 0 Å². The molecule has 3 aromatic rings. The lowest BCUT2D eigenvalue weighted by Gasteiger charge is -2.17. The number of nitriles is 1. The van der Waals surface area contributed by atoms with Crippen LogP contribution in [-0.2, 0) is 0 Å². The number of aromatic nitrogens is 5. The lowest BCUT2D eigenvalue weighted by molar-refractivity contribution is 0.208. The first-order chi connectivity index (χ1) is 14.0. The highest BCUT2D eigenvalue weighted by Gasteiger charge is 2.25. The molecule has 0 bridgehead atoms. The molecule has 1 aliphatic rings. The van der Waals surface area contributed by atoms with Gasteiger partial charge in [0.1, 0.15) is 29.4 Å². The van der Waals surface area contributed by atoms with Gasteiger partial charge in [0, 0.05) is 17.8 Å². The van der Waals surface area contributed by atoms with Gasteiger partial charge < -0.3 is 15.8 Å². The molecule has 2 atom stereocenters. The third-order valence-corrected chi connectivity index (χ3v) is 5.01. The van der Waals surface area contributed by atoms with E-state index in [-0.39, 0.29) is 17.8 Å². The number of aryl methyl sites for hydroxylation is 2. The highest BCUT2D eigenvalue weighted by atomic mass is 16.5. The molecule has 1 fully saturated rings. The summed E-state index contributed by atoms with van der Waals surface area (Å²) in [5, 5.41) is 19.2. The molecule has 0 radical (unpaired) electrons. The molecule has 9 heteroatoms. The Morgan fingerprint density at radius 2 is 2.07 bits per heavy atom. The van der Waals surface area contributed by atoms with Crippen LogP contribution < -0.4 is 15.8 Å². The van der Waals surface area contributed by atoms with Crippen LogP contribution in [0, 0.1) is 25.2 Å². The zero-order valence-electron chi connectivity index (χ0n) is 16.3. The summed E-state index contributed by atoms with van der Waals surface area (Å²) < 4.78 is 6.26. The topological polar surface area (TPSA) is 138 Å². The predicted octanol–water partition coefficient (Wildman–Crippen LogP) is 2.75. The van der Waals surface area contributed by atoms with Gasteiger partial charge in [0.25, 0.3) is 0 Å². The molecule has 0 aromatic carbocycles. The summed E-state index contributed by atoms with van der Waals surface area (Å²) in [6.07, 6.45) is 5.75. The summed E-state index contributed by atoms with van der Waals surface area (Å²) >= 11 is 0. The summed E-state index contributed by atoms with van der Waals surface area (Å²) in [6.45, 7) is 3.98. The second-order valence-electron chi connectivity index (χ2n) is 7.24. The summed E-state index contributed by atoms with van der Waals surface area (Å²) in [5.74, 6) is 1.78. The van der Waals surface area contributed by atoms with Crippen LogP contribution in [0.4, 0.5) is 11.6 Å². The number of ether oxygens (including phenoxy) is 1. The van der Waals surface area contributed by atoms with Crippen LogP contribution in [0.2, 0.25) is 0 Å². The van der Waals surface area contributed by atoms with Crippen molar-refractivity contribution < 1.29 is 4.74 Å². The summed E-state index contributed by atoms with van der Waals surface area (Å²) in [6, 6.07) is 5.99. The van der Waals surface area contributed by atoms with Crippen LogP contribution in [0.15, 0.2) is 24.5 Å². The van der Waals surface area contributed by atoms with Crippen LogP contribution in [-0.4, -0.2) is 37.3 Å². The van der Waals surface area contributed by atoms with Crippen LogP contribution >= 0.6 is 0 Å². The van der Waals surface area contributed by atoms with E-state index in [1.54, 1.807) is 0 Å². The van der Waals surface area contributed by atoms with Gasteiger partial charge in [0.15, 0.2) is 11.5 Å². The van der Waals surface area contributed by atoms with Gasteiger partial charge in [-0.2, -0.15) is 10.4 Å². The Morgan fingerprint density at radius 3 is 2.76 bits per heavy atom. The second-order valence-corrected chi connectivity index (χ2v) is 7.24. The van der Waals surface area contributed by atoms with E-state index < -0.39 is 0 Å². The van der Waals surface area contributed by atoms with E-state index in [9.17, 15) is 0 Å². The van der Waals surface area contributed by atoms with Gasteiger partial charge in [-0.15, -0.1) is 0 Å². The highest BCUT2D eigenvalue weighted by Crippen LogP contribution is 2.33. The molecule has 1 aliphatic carbocycles. The van der Waals surface area contributed by atoms with Gasteiger partial charge >= 0.3 is 0 Å². The average Bonchev–Trinajstić information content (AvgIpc) is 3.34. The van der Waals surface area contributed by atoms with Crippen molar-refractivity contribution in [3.05, 3.63) is 41.5 Å². The molecular weight excluding hydrogens is 368 g/mol. The van der Waals surface area contributed by atoms with Crippen molar-refractivity contribution in [3.63, 3.8) is 0 Å². The number of aromatic amines is 1. The first kappa shape index (κ1) is 18.8. The smallest absolute Gasteiger partial charge is 0.158 e. The Morgan fingerprint density at radius 1 is 1.21 bits per heavy atom. The van der Waals surface area contributed by atoms with Gasteiger partial charge in [0.05, 0.1) is 18.1 Å². The van der Waals surface area contributed by atoms with E-state index in [0.29, 0.717) is 17.3 Å². The molecule has 0 unspecified atom stereocenters. The Labute approximate surface area is 168 Å². The Hall–Kier alpha value is -3.51. The molecule has 3 heterocycles. The fourth-order valence-electron chi connectivity index (χ4n) is 3.31. The highest BCUT2D eigenvalue weighted by molar-refractivity contribution is 5.67. The van der Waals surface area contributed by atoms with Gasteiger partial charge in [0.2, 0.25) is 0 Å². The van der Waals surface area contributed by atoms with Crippen molar-refractivity contribution in [3.8, 4) is 23.2 Å². The third-order valence-electron chi connectivity index (χ3n) is 5.01. The number of H-pyrrole nitrogens is 1. The number of hydrogen-bond acceptors (Lipinski definition) is 8. The molecule has 0 spiro atoms. The first-order valence-corrected chi connectivity index (χ1v) is 9.47. The number of rotatable bonds is 5. The van der Waals surface area contributed by atoms with Crippen molar-refractivity contribution in [2.24, 2.45) is 5.73 Å². The largest absolute Gasteiger partial charge is 0.488 e. The fourth-order valence-corrected chi connectivity index (χ4v) is 3.31. The minimum Gasteiger partial charge on any atom is -0.488 e. The Bertz CT molecular complexity index is 1050. The minimum absolute atomic E-state index is 0.0992. The zero-order chi connectivity index (χ0) is 20.4. The molecule has 4 N–H and O–H groups in total. The van der Waals surface area contributed by atoms with Crippen molar-refractivity contribution in [1.82, 2.24) is 25.1 Å². The van der Waals surface area contributed by atoms with E-state index in [1.807, 2.05) is 32.0 Å². The quantitative estimate of drug-likeness (QED) is 0.604. The van der Waals surface area contributed by atoms with Gasteiger partial charge in [-0.3, -0.25) is 5.10 Å². The van der Waals surface area contributed by atoms with Crippen molar-refractivity contribution in [2.75, 3.05) is 5.32 Å². The molecule has 29 heavy (non-hydrogen) atoms. The molecule has 0 amide bonds. The molecule has 148 valence electrons. The number of anilines is 2. The monoisotopic (exact) mass is 390 g/mol. The normalized spacial score (nSPS) is 18.4. The molecule has 4 rings (SSSR count). The van der Waals surface area contributed by atoms with Gasteiger partial charge in [-0.1, -0.05) is 0 Å². The molecule has 9 nitrogen and oxygen atoms in total. The molecule has 0 saturated heterocycles. The Balaban J connectivity index is 1.59. The van der Waals surface area contributed by atoms with E-state index in [2.05, 4.69) is 25.5 Å². The lowest BCUT2D eigenvalue weighted by atomic mass is 10.1. The standard InChI is InChI=1S/C20H22N8O/c1-11-5-17(29-15-4-3-13(22)6-15)20(25-12(11)2)16-7-18(28-27-16)26-19-10-23-14(8-21)9-24-19/h5,7,9-10,13,15H,3-4,6,22H2,1-2H3,(H2,24,26,27,28)/t13-,15+/m0/s1. The number of nitrogens with one attached hydrogen (secondary N) is 2. The third kappa shape index (κ3) is 4.17. The summed E-state index contributed by atoms with van der Waals surface area (Å²) in [7, 11) is 0.